The topological polar surface area (TPSA) is 104 Å². The number of aromatic nitrogens is 2. The van der Waals surface area contributed by atoms with Crippen molar-refractivity contribution in [1.29, 1.82) is 0 Å². The van der Waals surface area contributed by atoms with E-state index >= 15 is 0 Å². The van der Waals surface area contributed by atoms with Gasteiger partial charge in [-0.15, -0.1) is 0 Å². The number of carboxylic acid groups (broad SMARTS) is 1. The molecule has 0 saturated heterocycles. The second-order valence-corrected chi connectivity index (χ2v) is 7.59. The normalized spacial score (nSPS) is 12.0. The van der Waals surface area contributed by atoms with E-state index in [1.807, 2.05) is 36.4 Å². The van der Waals surface area contributed by atoms with Gasteiger partial charge in [0.15, 0.2) is 0 Å². The third-order valence-corrected chi connectivity index (χ3v) is 4.68. The summed E-state index contributed by atoms with van der Waals surface area (Å²) in [6, 6.07) is 15.1. The molecule has 1 heterocycles. The molecule has 3 aromatic rings. The third kappa shape index (κ3) is 5.76. The van der Waals surface area contributed by atoms with Crippen molar-refractivity contribution in [3.63, 3.8) is 0 Å². The maximum atomic E-state index is 12.2. The number of anilines is 1. The van der Waals surface area contributed by atoms with E-state index in [-0.39, 0.29) is 24.9 Å². The van der Waals surface area contributed by atoms with Gasteiger partial charge >= 0.3 is 5.97 Å². The fraction of sp³-hybridized carbons (Fsp3) is 0.304. The van der Waals surface area contributed by atoms with Crippen molar-refractivity contribution in [2.24, 2.45) is 5.92 Å². The highest BCUT2D eigenvalue weighted by Crippen LogP contribution is 2.26. The van der Waals surface area contributed by atoms with Crippen LogP contribution in [0.2, 0.25) is 0 Å². The van der Waals surface area contributed by atoms with Crippen LogP contribution in [-0.2, 0) is 4.79 Å². The Bertz CT molecular complexity index is 1020. The molecule has 0 saturated carbocycles. The van der Waals surface area contributed by atoms with Crippen LogP contribution >= 0.6 is 0 Å². The van der Waals surface area contributed by atoms with Gasteiger partial charge in [-0.3, -0.25) is 14.6 Å². The Hall–Kier alpha value is -3.48. The Morgan fingerprint density at radius 2 is 1.73 bits per heavy atom. The third-order valence-electron chi connectivity index (χ3n) is 4.68. The minimum Gasteiger partial charge on any atom is -0.481 e. The van der Waals surface area contributed by atoms with E-state index < -0.39 is 5.97 Å². The minimum absolute atomic E-state index is 0.0181. The van der Waals surface area contributed by atoms with Crippen LogP contribution in [0.4, 0.5) is 5.82 Å². The van der Waals surface area contributed by atoms with Crippen LogP contribution in [0.3, 0.4) is 0 Å². The van der Waals surface area contributed by atoms with Crippen LogP contribution in [0.25, 0.3) is 11.0 Å². The zero-order chi connectivity index (χ0) is 21.5. The van der Waals surface area contributed by atoms with E-state index in [1.165, 1.54) is 0 Å². The van der Waals surface area contributed by atoms with E-state index in [4.69, 9.17) is 5.11 Å². The van der Waals surface area contributed by atoms with E-state index in [0.29, 0.717) is 17.3 Å². The van der Waals surface area contributed by atoms with Gasteiger partial charge in [0.05, 0.1) is 29.7 Å². The SMILES string of the molecule is CC(C)C[C@H](Nc1cnc2ccccc2n1)c1ccc(C(=O)NCCC(=O)O)cc1. The standard InChI is InChI=1S/C23H26N4O3/c1-15(2)13-20(27-21-14-25-18-5-3-4-6-19(18)26-21)16-7-9-17(10-8-16)23(30)24-12-11-22(28)29/h3-10,14-15,20H,11-13H2,1-2H3,(H,24,30)(H,26,27)(H,28,29)/t20-/m0/s1. The number of aliphatic carboxylic acids is 1. The summed E-state index contributed by atoms with van der Waals surface area (Å²) < 4.78 is 0. The lowest BCUT2D eigenvalue weighted by molar-refractivity contribution is -0.136. The predicted octanol–water partition coefficient (Wildman–Crippen LogP) is 4.03. The minimum atomic E-state index is -0.940. The highest BCUT2D eigenvalue weighted by Gasteiger charge is 2.16. The smallest absolute Gasteiger partial charge is 0.305 e. The number of carbonyl (C=O) groups is 2. The molecule has 0 bridgehead atoms. The number of hydrogen-bond acceptors (Lipinski definition) is 5. The van der Waals surface area contributed by atoms with Gasteiger partial charge < -0.3 is 15.7 Å². The molecule has 1 amide bonds. The van der Waals surface area contributed by atoms with Crippen LogP contribution in [-0.4, -0.2) is 33.5 Å². The van der Waals surface area contributed by atoms with E-state index in [0.717, 1.165) is 23.0 Å². The van der Waals surface area contributed by atoms with E-state index in [1.54, 1.807) is 18.3 Å². The Labute approximate surface area is 175 Å². The van der Waals surface area contributed by atoms with Gasteiger partial charge in [-0.1, -0.05) is 38.1 Å². The number of hydrogen-bond donors (Lipinski definition) is 3. The molecule has 0 aliphatic rings. The van der Waals surface area contributed by atoms with Crippen molar-refractivity contribution in [3.8, 4) is 0 Å². The number of carbonyl (C=O) groups excluding carboxylic acids is 1. The molecule has 3 N–H and O–H groups in total. The average molecular weight is 406 g/mol. The molecule has 3 rings (SSSR count). The molecule has 7 heteroatoms. The maximum absolute atomic E-state index is 12.2. The lowest BCUT2D eigenvalue weighted by Gasteiger charge is -2.22. The summed E-state index contributed by atoms with van der Waals surface area (Å²) in [7, 11) is 0. The predicted molar refractivity (Wildman–Crippen MR) is 116 cm³/mol. The Morgan fingerprint density at radius 1 is 1.03 bits per heavy atom. The summed E-state index contributed by atoms with van der Waals surface area (Å²) in [5.41, 5.74) is 3.22. The molecule has 0 fully saturated rings. The molecule has 1 atom stereocenters. The van der Waals surface area contributed by atoms with Gasteiger partial charge in [0.1, 0.15) is 5.82 Å². The molecule has 0 aliphatic carbocycles. The number of nitrogens with zero attached hydrogens (tertiary/aromatic N) is 2. The van der Waals surface area contributed by atoms with Crippen LogP contribution in [0.1, 0.15) is 48.7 Å². The second kappa shape index (κ2) is 9.82. The van der Waals surface area contributed by atoms with E-state index in [2.05, 4.69) is 34.4 Å². The Kier molecular flexibility index (Phi) is 6.95. The van der Waals surface area contributed by atoms with Crippen molar-refractivity contribution in [1.82, 2.24) is 15.3 Å². The van der Waals surface area contributed by atoms with E-state index in [9.17, 15) is 9.59 Å². The largest absolute Gasteiger partial charge is 0.481 e. The van der Waals surface area contributed by atoms with Gasteiger partial charge in [-0.25, -0.2) is 4.98 Å². The molecule has 2 aromatic carbocycles. The fourth-order valence-electron chi connectivity index (χ4n) is 3.21. The van der Waals surface area contributed by atoms with Gasteiger partial charge in [-0.2, -0.15) is 0 Å². The number of benzene rings is 2. The summed E-state index contributed by atoms with van der Waals surface area (Å²) in [4.78, 5) is 31.9. The Morgan fingerprint density at radius 3 is 2.40 bits per heavy atom. The van der Waals surface area contributed by atoms with Crippen LogP contribution in [0.5, 0.6) is 0 Å². The fourth-order valence-corrected chi connectivity index (χ4v) is 3.21. The number of nitrogens with one attached hydrogen (secondary N) is 2. The molecule has 156 valence electrons. The first-order chi connectivity index (χ1) is 14.4. The number of fused-ring (bicyclic) bond motifs is 1. The lowest BCUT2D eigenvalue weighted by Crippen LogP contribution is -2.26. The summed E-state index contributed by atoms with van der Waals surface area (Å²) >= 11 is 0. The van der Waals surface area contributed by atoms with Crippen molar-refractivity contribution < 1.29 is 14.7 Å². The molecule has 0 spiro atoms. The maximum Gasteiger partial charge on any atom is 0.305 e. The molecule has 0 unspecified atom stereocenters. The second-order valence-electron chi connectivity index (χ2n) is 7.59. The molecule has 0 radical (unpaired) electrons. The van der Waals surface area contributed by atoms with Gasteiger partial charge in [0.25, 0.3) is 5.91 Å². The first kappa shape index (κ1) is 21.2. The van der Waals surface area contributed by atoms with Gasteiger partial charge in [0.2, 0.25) is 0 Å². The first-order valence-corrected chi connectivity index (χ1v) is 10.0. The molecule has 0 aliphatic heterocycles. The first-order valence-electron chi connectivity index (χ1n) is 10.0. The highest BCUT2D eigenvalue weighted by molar-refractivity contribution is 5.94. The molecular weight excluding hydrogens is 380 g/mol. The number of amides is 1. The van der Waals surface area contributed by atoms with Crippen LogP contribution < -0.4 is 10.6 Å². The highest BCUT2D eigenvalue weighted by atomic mass is 16.4. The average Bonchev–Trinajstić information content (AvgIpc) is 2.72. The van der Waals surface area contributed by atoms with Crippen LogP contribution in [0.15, 0.2) is 54.7 Å². The van der Waals surface area contributed by atoms with Crippen molar-refractivity contribution >= 4 is 28.7 Å². The molecule has 1 aromatic heterocycles. The van der Waals surface area contributed by atoms with Crippen LogP contribution in [0, 0.1) is 5.92 Å². The zero-order valence-electron chi connectivity index (χ0n) is 17.1. The van der Waals surface area contributed by atoms with Crippen molar-refractivity contribution in [3.05, 3.63) is 65.9 Å². The molecule has 7 nitrogen and oxygen atoms in total. The van der Waals surface area contributed by atoms with Gasteiger partial charge in [-0.05, 0) is 42.2 Å². The van der Waals surface area contributed by atoms with Crippen molar-refractivity contribution in [2.75, 3.05) is 11.9 Å². The summed E-state index contributed by atoms with van der Waals surface area (Å²) in [5.74, 6) is -0.0636. The number of carboxylic acids is 1. The summed E-state index contributed by atoms with van der Waals surface area (Å²) in [6.07, 6.45) is 2.52. The number of rotatable bonds is 9. The Balaban J connectivity index is 1.74. The molecule has 30 heavy (non-hydrogen) atoms. The molecular formula is C23H26N4O3. The lowest BCUT2D eigenvalue weighted by atomic mass is 9.96. The van der Waals surface area contributed by atoms with Gasteiger partial charge in [0, 0.05) is 12.1 Å². The zero-order valence-corrected chi connectivity index (χ0v) is 17.1. The monoisotopic (exact) mass is 406 g/mol. The van der Waals surface area contributed by atoms with Crippen molar-refractivity contribution in [2.45, 2.75) is 32.7 Å². The number of para-hydroxylation sites is 2. The summed E-state index contributed by atoms with van der Waals surface area (Å²) in [6.45, 7) is 4.42. The quantitative estimate of drug-likeness (QED) is 0.496. The summed E-state index contributed by atoms with van der Waals surface area (Å²) in [5, 5.41) is 14.8.